The van der Waals surface area contributed by atoms with Crippen LogP contribution in [0.2, 0.25) is 0 Å². The zero-order valence-corrected chi connectivity index (χ0v) is 12.1. The first kappa shape index (κ1) is 16.1. The number of carbonyl (C=O) groups excluding carboxylic acids is 2. The second kappa shape index (κ2) is 9.07. The van der Waals surface area contributed by atoms with Crippen LogP contribution in [-0.4, -0.2) is 30.0 Å². The van der Waals surface area contributed by atoms with Crippen LogP contribution in [0.1, 0.15) is 38.7 Å². The van der Waals surface area contributed by atoms with E-state index in [1.807, 2.05) is 13.0 Å². The summed E-state index contributed by atoms with van der Waals surface area (Å²) in [6.45, 7) is 4.74. The maximum atomic E-state index is 11.8. The highest BCUT2D eigenvalue weighted by atomic mass is 16.5. The molecule has 0 saturated carbocycles. The first-order chi connectivity index (χ1) is 9.65. The van der Waals surface area contributed by atoms with Gasteiger partial charge in [-0.25, -0.2) is 0 Å². The molecule has 0 aliphatic rings. The van der Waals surface area contributed by atoms with Crippen LogP contribution in [0.4, 0.5) is 0 Å². The molecule has 1 aromatic rings. The van der Waals surface area contributed by atoms with Gasteiger partial charge < -0.3 is 9.47 Å². The van der Waals surface area contributed by atoms with E-state index in [0.717, 1.165) is 12.0 Å². The summed E-state index contributed by atoms with van der Waals surface area (Å²) in [5, 5.41) is 0. The van der Waals surface area contributed by atoms with Crippen molar-refractivity contribution >= 4 is 11.8 Å². The minimum absolute atomic E-state index is 0.00695. The maximum Gasteiger partial charge on any atom is 0.306 e. The zero-order valence-electron chi connectivity index (χ0n) is 12.1. The summed E-state index contributed by atoms with van der Waals surface area (Å²) >= 11 is 0. The number of nitrogens with zero attached hydrogens (tertiary/aromatic N) is 1. The lowest BCUT2D eigenvalue weighted by Crippen LogP contribution is -2.09. The number of hydrogen-bond donors (Lipinski definition) is 0. The van der Waals surface area contributed by atoms with Crippen molar-refractivity contribution in [2.24, 2.45) is 0 Å². The van der Waals surface area contributed by atoms with Crippen molar-refractivity contribution in [3.63, 3.8) is 0 Å². The SMILES string of the molecule is CCCOc1cncc(CC(=O)CCC(=O)OCC)c1. The molecule has 5 heteroatoms. The molecule has 0 aromatic carbocycles. The number of aromatic nitrogens is 1. The zero-order chi connectivity index (χ0) is 14.8. The van der Waals surface area contributed by atoms with Crippen LogP contribution in [0.15, 0.2) is 18.5 Å². The minimum atomic E-state index is -0.334. The third kappa shape index (κ3) is 6.31. The summed E-state index contributed by atoms with van der Waals surface area (Å²) in [4.78, 5) is 27.0. The topological polar surface area (TPSA) is 65.5 Å². The van der Waals surface area contributed by atoms with E-state index >= 15 is 0 Å². The molecule has 110 valence electrons. The molecule has 1 heterocycles. The molecule has 0 aliphatic carbocycles. The molecule has 0 fully saturated rings. The van der Waals surface area contributed by atoms with Gasteiger partial charge in [0, 0.05) is 19.0 Å². The molecule has 0 bridgehead atoms. The lowest BCUT2D eigenvalue weighted by molar-refractivity contribution is -0.144. The van der Waals surface area contributed by atoms with E-state index in [2.05, 4.69) is 4.98 Å². The molecule has 5 nitrogen and oxygen atoms in total. The highest BCUT2D eigenvalue weighted by Crippen LogP contribution is 2.13. The average molecular weight is 279 g/mol. The molecule has 0 atom stereocenters. The number of pyridine rings is 1. The second-order valence-corrected chi connectivity index (χ2v) is 4.40. The van der Waals surface area contributed by atoms with Gasteiger partial charge in [-0.3, -0.25) is 14.6 Å². The number of ether oxygens (including phenoxy) is 2. The number of rotatable bonds is 9. The Hall–Kier alpha value is -1.91. The van der Waals surface area contributed by atoms with Crippen LogP contribution in [0, 0.1) is 0 Å². The predicted molar refractivity (Wildman–Crippen MR) is 74.6 cm³/mol. The van der Waals surface area contributed by atoms with E-state index in [-0.39, 0.29) is 31.0 Å². The average Bonchev–Trinajstić information content (AvgIpc) is 2.44. The van der Waals surface area contributed by atoms with Gasteiger partial charge in [0.05, 0.1) is 25.8 Å². The van der Waals surface area contributed by atoms with E-state index in [1.165, 1.54) is 0 Å². The molecule has 1 aromatic heterocycles. The highest BCUT2D eigenvalue weighted by Gasteiger charge is 2.09. The summed E-state index contributed by atoms with van der Waals surface area (Å²) < 4.78 is 10.2. The van der Waals surface area contributed by atoms with Crippen LogP contribution in [0.25, 0.3) is 0 Å². The van der Waals surface area contributed by atoms with Crippen molar-refractivity contribution in [1.82, 2.24) is 4.98 Å². The maximum absolute atomic E-state index is 11.8. The van der Waals surface area contributed by atoms with Crippen molar-refractivity contribution in [2.45, 2.75) is 39.5 Å². The summed E-state index contributed by atoms with van der Waals surface area (Å²) in [7, 11) is 0. The van der Waals surface area contributed by atoms with E-state index in [1.54, 1.807) is 19.3 Å². The van der Waals surface area contributed by atoms with E-state index in [9.17, 15) is 9.59 Å². The van der Waals surface area contributed by atoms with Gasteiger partial charge in [0.15, 0.2) is 0 Å². The minimum Gasteiger partial charge on any atom is -0.492 e. The molecule has 0 amide bonds. The number of esters is 1. The Labute approximate surface area is 119 Å². The van der Waals surface area contributed by atoms with Crippen LogP contribution in [0.3, 0.4) is 0 Å². The van der Waals surface area contributed by atoms with Crippen molar-refractivity contribution in [2.75, 3.05) is 13.2 Å². The van der Waals surface area contributed by atoms with E-state index < -0.39 is 0 Å². The summed E-state index contributed by atoms with van der Waals surface area (Å²) in [6.07, 6.45) is 4.77. The number of Topliss-reactive ketones (excluding diaryl/α,β-unsaturated/α-hetero) is 1. The largest absolute Gasteiger partial charge is 0.492 e. The van der Waals surface area contributed by atoms with Crippen LogP contribution < -0.4 is 4.74 Å². The molecule has 1 rings (SSSR count). The Morgan fingerprint density at radius 2 is 2.00 bits per heavy atom. The van der Waals surface area contributed by atoms with Crippen molar-refractivity contribution < 1.29 is 19.1 Å². The monoisotopic (exact) mass is 279 g/mol. The highest BCUT2D eigenvalue weighted by molar-refractivity contribution is 5.84. The predicted octanol–water partition coefficient (Wildman–Crippen LogP) is 2.33. The molecule has 0 spiro atoms. The molecular formula is C15H21NO4. The number of hydrogen-bond acceptors (Lipinski definition) is 5. The van der Waals surface area contributed by atoms with Crippen molar-refractivity contribution in [3.8, 4) is 5.75 Å². The van der Waals surface area contributed by atoms with Crippen LogP contribution >= 0.6 is 0 Å². The normalized spacial score (nSPS) is 10.1. The third-order valence-corrected chi connectivity index (χ3v) is 2.56. The van der Waals surface area contributed by atoms with Gasteiger partial charge in [-0.15, -0.1) is 0 Å². The fourth-order valence-electron chi connectivity index (χ4n) is 1.65. The van der Waals surface area contributed by atoms with Gasteiger partial charge in [-0.1, -0.05) is 6.92 Å². The molecule has 0 aliphatic heterocycles. The quantitative estimate of drug-likeness (QED) is 0.649. The second-order valence-electron chi connectivity index (χ2n) is 4.40. The molecule has 20 heavy (non-hydrogen) atoms. The van der Waals surface area contributed by atoms with Crippen LogP contribution in [0.5, 0.6) is 5.75 Å². The van der Waals surface area contributed by atoms with Crippen molar-refractivity contribution in [1.29, 1.82) is 0 Å². The standard InChI is InChI=1S/C15H21NO4/c1-3-7-20-14-9-12(10-16-11-14)8-13(17)5-6-15(18)19-4-2/h9-11H,3-8H2,1-2H3. The van der Waals surface area contributed by atoms with Gasteiger partial charge in [0.1, 0.15) is 11.5 Å². The Bertz CT molecular complexity index is 445. The van der Waals surface area contributed by atoms with Gasteiger partial charge in [-0.05, 0) is 25.0 Å². The van der Waals surface area contributed by atoms with Gasteiger partial charge in [-0.2, -0.15) is 0 Å². The van der Waals surface area contributed by atoms with Gasteiger partial charge in [0.2, 0.25) is 0 Å². The van der Waals surface area contributed by atoms with Crippen molar-refractivity contribution in [3.05, 3.63) is 24.0 Å². The van der Waals surface area contributed by atoms with Gasteiger partial charge >= 0.3 is 5.97 Å². The van der Waals surface area contributed by atoms with E-state index in [0.29, 0.717) is 19.0 Å². The molecule has 0 radical (unpaired) electrons. The number of carbonyl (C=O) groups is 2. The Balaban J connectivity index is 2.43. The Kier molecular flexibility index (Phi) is 7.32. The molecular weight excluding hydrogens is 258 g/mol. The van der Waals surface area contributed by atoms with E-state index in [4.69, 9.17) is 9.47 Å². The summed E-state index contributed by atoms with van der Waals surface area (Å²) in [6, 6.07) is 1.81. The smallest absolute Gasteiger partial charge is 0.306 e. The number of ketones is 1. The Morgan fingerprint density at radius 1 is 1.20 bits per heavy atom. The third-order valence-electron chi connectivity index (χ3n) is 2.56. The molecule has 0 unspecified atom stereocenters. The Morgan fingerprint density at radius 3 is 2.70 bits per heavy atom. The summed E-state index contributed by atoms with van der Waals surface area (Å²) in [5.74, 6) is 0.328. The first-order valence-corrected chi connectivity index (χ1v) is 6.89. The molecule has 0 saturated heterocycles. The fourth-order valence-corrected chi connectivity index (χ4v) is 1.65. The van der Waals surface area contributed by atoms with Crippen LogP contribution in [-0.2, 0) is 20.7 Å². The molecule has 0 N–H and O–H groups in total. The first-order valence-electron chi connectivity index (χ1n) is 6.89. The lowest BCUT2D eigenvalue weighted by Gasteiger charge is -2.06. The fraction of sp³-hybridized carbons (Fsp3) is 0.533. The van der Waals surface area contributed by atoms with Gasteiger partial charge in [0.25, 0.3) is 0 Å². The summed E-state index contributed by atoms with van der Waals surface area (Å²) in [5.41, 5.74) is 0.799. The lowest BCUT2D eigenvalue weighted by atomic mass is 10.1.